The number of carbonyl (C=O) groups is 2. The van der Waals surface area contributed by atoms with Gasteiger partial charge in [0.05, 0.1) is 15.1 Å². The number of aliphatic carboxylic acids is 1. The molecule has 0 bridgehead atoms. The van der Waals surface area contributed by atoms with Crippen LogP contribution in [-0.2, 0) is 4.79 Å². The van der Waals surface area contributed by atoms with E-state index in [0.29, 0.717) is 18.4 Å². The van der Waals surface area contributed by atoms with Crippen LogP contribution in [0.25, 0.3) is 0 Å². The Bertz CT molecular complexity index is 449. The monoisotopic (exact) mass is 308 g/mol. The summed E-state index contributed by atoms with van der Waals surface area (Å²) in [5.74, 6) is -0.985. The molecule has 98 valence electrons. The lowest BCUT2D eigenvalue weighted by Crippen LogP contribution is -2.01. The van der Waals surface area contributed by atoms with Crippen LogP contribution >= 0.6 is 34.8 Å². The summed E-state index contributed by atoms with van der Waals surface area (Å²) in [6.07, 6.45) is 1.32. The van der Waals surface area contributed by atoms with Gasteiger partial charge in [0.25, 0.3) is 0 Å². The lowest BCUT2D eigenvalue weighted by Gasteiger charge is -2.04. The van der Waals surface area contributed by atoms with Crippen LogP contribution in [0, 0.1) is 0 Å². The molecule has 1 rings (SSSR count). The van der Waals surface area contributed by atoms with Crippen LogP contribution in [0.15, 0.2) is 12.1 Å². The first-order valence-corrected chi connectivity index (χ1v) is 6.44. The molecule has 0 aliphatic rings. The van der Waals surface area contributed by atoms with Gasteiger partial charge >= 0.3 is 5.97 Å². The van der Waals surface area contributed by atoms with E-state index in [1.54, 1.807) is 0 Å². The summed E-state index contributed by atoms with van der Waals surface area (Å²) in [5, 5.41) is 9.16. The highest BCUT2D eigenvalue weighted by molar-refractivity contribution is 6.48. The maximum atomic E-state index is 11.8. The van der Waals surface area contributed by atoms with Crippen LogP contribution < -0.4 is 0 Å². The van der Waals surface area contributed by atoms with E-state index >= 15 is 0 Å². The standard InChI is InChI=1S/C12H11Cl3O3/c13-8-5-7(6-9(14)12(8)15)10(16)3-1-2-4-11(17)18/h5-6H,1-4H2,(H,17,18). The van der Waals surface area contributed by atoms with Crippen LogP contribution in [0.5, 0.6) is 0 Å². The molecule has 0 aliphatic heterocycles. The minimum Gasteiger partial charge on any atom is -0.481 e. The lowest BCUT2D eigenvalue weighted by atomic mass is 10.0. The van der Waals surface area contributed by atoms with E-state index in [4.69, 9.17) is 39.9 Å². The van der Waals surface area contributed by atoms with Gasteiger partial charge in [-0.3, -0.25) is 9.59 Å². The van der Waals surface area contributed by atoms with E-state index in [-0.39, 0.29) is 33.7 Å². The number of carboxylic acid groups (broad SMARTS) is 1. The zero-order valence-corrected chi connectivity index (χ0v) is 11.6. The van der Waals surface area contributed by atoms with Gasteiger partial charge in [-0.2, -0.15) is 0 Å². The summed E-state index contributed by atoms with van der Waals surface area (Å²) in [6, 6.07) is 2.94. The van der Waals surface area contributed by atoms with Gasteiger partial charge in [0.2, 0.25) is 0 Å². The van der Waals surface area contributed by atoms with Crippen molar-refractivity contribution >= 4 is 46.6 Å². The fourth-order valence-electron chi connectivity index (χ4n) is 1.42. The predicted molar refractivity (Wildman–Crippen MR) is 71.9 cm³/mol. The minimum atomic E-state index is -0.861. The van der Waals surface area contributed by atoms with Gasteiger partial charge in [0.15, 0.2) is 5.78 Å². The number of ketones is 1. The normalized spacial score (nSPS) is 10.4. The Balaban J connectivity index is 2.59. The van der Waals surface area contributed by atoms with Crippen LogP contribution in [0.4, 0.5) is 0 Å². The van der Waals surface area contributed by atoms with Crippen LogP contribution in [0.3, 0.4) is 0 Å². The quantitative estimate of drug-likeness (QED) is 0.479. The van der Waals surface area contributed by atoms with E-state index in [2.05, 4.69) is 0 Å². The molecule has 0 spiro atoms. The largest absolute Gasteiger partial charge is 0.481 e. The highest BCUT2D eigenvalue weighted by atomic mass is 35.5. The molecule has 0 saturated carbocycles. The molecule has 0 radical (unpaired) electrons. The molecule has 0 heterocycles. The highest BCUT2D eigenvalue weighted by Crippen LogP contribution is 2.31. The summed E-state index contributed by atoms with van der Waals surface area (Å²) in [4.78, 5) is 22.1. The van der Waals surface area contributed by atoms with Crippen molar-refractivity contribution in [1.82, 2.24) is 0 Å². The average molecular weight is 310 g/mol. The summed E-state index contributed by atoms with van der Waals surface area (Å²) >= 11 is 17.4. The van der Waals surface area contributed by atoms with Gasteiger partial charge < -0.3 is 5.11 Å². The SMILES string of the molecule is O=C(O)CCCCC(=O)c1cc(Cl)c(Cl)c(Cl)c1. The molecule has 0 saturated heterocycles. The molecule has 0 amide bonds. The molecule has 0 unspecified atom stereocenters. The molecule has 1 N–H and O–H groups in total. The van der Waals surface area contributed by atoms with Gasteiger partial charge in [-0.1, -0.05) is 34.8 Å². The Labute approximate surface area is 120 Å². The fourth-order valence-corrected chi connectivity index (χ4v) is 2.02. The maximum Gasteiger partial charge on any atom is 0.303 e. The maximum absolute atomic E-state index is 11.8. The van der Waals surface area contributed by atoms with Gasteiger partial charge in [-0.15, -0.1) is 0 Å². The van der Waals surface area contributed by atoms with Gasteiger partial charge in [0, 0.05) is 18.4 Å². The first-order valence-electron chi connectivity index (χ1n) is 5.31. The van der Waals surface area contributed by atoms with E-state index < -0.39 is 5.97 Å². The van der Waals surface area contributed by atoms with Crippen LogP contribution in [0.1, 0.15) is 36.0 Å². The minimum absolute atomic E-state index is 0.0649. The van der Waals surface area contributed by atoms with Crippen molar-refractivity contribution < 1.29 is 14.7 Å². The molecular weight excluding hydrogens is 298 g/mol. The number of hydrogen-bond donors (Lipinski definition) is 1. The third kappa shape index (κ3) is 4.48. The second kappa shape index (κ2) is 6.98. The summed E-state index contributed by atoms with van der Waals surface area (Å²) in [6.45, 7) is 0. The van der Waals surface area contributed by atoms with Crippen molar-refractivity contribution in [3.8, 4) is 0 Å². The van der Waals surface area contributed by atoms with Gasteiger partial charge in [-0.05, 0) is 25.0 Å². The zero-order valence-electron chi connectivity index (χ0n) is 9.38. The van der Waals surface area contributed by atoms with Crippen molar-refractivity contribution in [2.75, 3.05) is 0 Å². The van der Waals surface area contributed by atoms with E-state index in [1.807, 2.05) is 0 Å². The number of rotatable bonds is 6. The molecule has 1 aromatic carbocycles. The number of benzene rings is 1. The molecule has 6 heteroatoms. The van der Waals surface area contributed by atoms with E-state index in [1.165, 1.54) is 12.1 Å². The van der Waals surface area contributed by atoms with Crippen LogP contribution in [0.2, 0.25) is 15.1 Å². The van der Waals surface area contributed by atoms with Crippen molar-refractivity contribution in [3.63, 3.8) is 0 Å². The average Bonchev–Trinajstić information content (AvgIpc) is 2.30. The van der Waals surface area contributed by atoms with Crippen molar-refractivity contribution in [3.05, 3.63) is 32.8 Å². The molecule has 0 aromatic heterocycles. The number of hydrogen-bond acceptors (Lipinski definition) is 2. The Hall–Kier alpha value is -0.770. The Kier molecular flexibility index (Phi) is 5.93. The van der Waals surface area contributed by atoms with Crippen molar-refractivity contribution in [1.29, 1.82) is 0 Å². The second-order valence-corrected chi connectivity index (χ2v) is 4.97. The Morgan fingerprint density at radius 1 is 1.00 bits per heavy atom. The summed E-state index contributed by atoms with van der Waals surface area (Å²) in [7, 11) is 0. The smallest absolute Gasteiger partial charge is 0.303 e. The second-order valence-electron chi connectivity index (χ2n) is 3.78. The first kappa shape index (κ1) is 15.3. The third-order valence-electron chi connectivity index (χ3n) is 2.35. The topological polar surface area (TPSA) is 54.4 Å². The third-order valence-corrected chi connectivity index (χ3v) is 3.55. The number of carboxylic acids is 1. The lowest BCUT2D eigenvalue weighted by molar-refractivity contribution is -0.137. The fraction of sp³-hybridized carbons (Fsp3) is 0.333. The van der Waals surface area contributed by atoms with Crippen molar-refractivity contribution in [2.24, 2.45) is 0 Å². The van der Waals surface area contributed by atoms with Gasteiger partial charge in [-0.25, -0.2) is 0 Å². The Morgan fingerprint density at radius 3 is 2.00 bits per heavy atom. The first-order chi connectivity index (χ1) is 8.41. The molecule has 3 nitrogen and oxygen atoms in total. The van der Waals surface area contributed by atoms with Gasteiger partial charge in [0.1, 0.15) is 0 Å². The molecule has 0 atom stereocenters. The zero-order chi connectivity index (χ0) is 13.7. The summed E-state index contributed by atoms with van der Waals surface area (Å²) < 4.78 is 0. The number of unbranched alkanes of at least 4 members (excludes halogenated alkanes) is 1. The summed E-state index contributed by atoms with van der Waals surface area (Å²) in [5.41, 5.74) is 0.393. The molecule has 0 fully saturated rings. The van der Waals surface area contributed by atoms with E-state index in [0.717, 1.165) is 0 Å². The van der Waals surface area contributed by atoms with E-state index in [9.17, 15) is 9.59 Å². The van der Waals surface area contributed by atoms with Crippen LogP contribution in [-0.4, -0.2) is 16.9 Å². The highest BCUT2D eigenvalue weighted by Gasteiger charge is 2.11. The Morgan fingerprint density at radius 2 is 1.50 bits per heavy atom. The molecule has 1 aromatic rings. The molecule has 0 aliphatic carbocycles. The molecule has 18 heavy (non-hydrogen) atoms. The predicted octanol–water partition coefficient (Wildman–Crippen LogP) is 4.47. The number of carbonyl (C=O) groups excluding carboxylic acids is 1. The molecular formula is C12H11Cl3O3. The number of halogens is 3. The number of Topliss-reactive ketones (excluding diaryl/α,β-unsaturated/α-hetero) is 1. The van der Waals surface area contributed by atoms with Crippen molar-refractivity contribution in [2.45, 2.75) is 25.7 Å².